The predicted molar refractivity (Wildman–Crippen MR) is 158 cm³/mol. The van der Waals surface area contributed by atoms with Crippen molar-refractivity contribution in [3.63, 3.8) is 0 Å². The van der Waals surface area contributed by atoms with Gasteiger partial charge in [0.15, 0.2) is 5.72 Å². The van der Waals surface area contributed by atoms with Gasteiger partial charge >= 0.3 is 0 Å². The van der Waals surface area contributed by atoms with Crippen molar-refractivity contribution in [1.29, 1.82) is 0 Å². The number of nitrogens with one attached hydrogen (secondary N) is 2. The molecule has 5 heterocycles. The van der Waals surface area contributed by atoms with Crippen molar-refractivity contribution in [3.05, 3.63) is 77.5 Å². The summed E-state index contributed by atoms with van der Waals surface area (Å²) in [5.74, 6) is -2.16. The van der Waals surface area contributed by atoms with E-state index in [-0.39, 0.29) is 30.3 Å². The van der Waals surface area contributed by atoms with E-state index in [1.54, 1.807) is 9.80 Å². The zero-order chi connectivity index (χ0) is 28.8. The maximum absolute atomic E-state index is 13.9. The van der Waals surface area contributed by atoms with Crippen molar-refractivity contribution in [2.75, 3.05) is 26.7 Å². The summed E-state index contributed by atoms with van der Waals surface area (Å²) in [6.07, 6.45) is 7.09. The van der Waals surface area contributed by atoms with E-state index in [2.05, 4.69) is 52.7 Å². The minimum absolute atomic E-state index is 0.0190. The number of ether oxygens (including phenoxy) is 1. The van der Waals surface area contributed by atoms with Gasteiger partial charge in [0.1, 0.15) is 6.04 Å². The smallest absolute Gasteiger partial charge is 0.252 e. The van der Waals surface area contributed by atoms with Crippen LogP contribution in [0.4, 0.5) is 0 Å². The van der Waals surface area contributed by atoms with E-state index in [0.717, 1.165) is 23.9 Å². The van der Waals surface area contributed by atoms with E-state index < -0.39 is 23.7 Å². The summed E-state index contributed by atoms with van der Waals surface area (Å²) in [4.78, 5) is 36.9. The summed E-state index contributed by atoms with van der Waals surface area (Å²) in [6, 6.07) is 15.4. The number of nitrogens with zero attached hydrogens (tertiary/aromatic N) is 3. The molecule has 5 aliphatic rings. The van der Waals surface area contributed by atoms with Gasteiger partial charge in [-0.3, -0.25) is 14.5 Å². The zero-order valence-electron chi connectivity index (χ0n) is 24.0. The van der Waals surface area contributed by atoms with Crippen LogP contribution in [0.3, 0.4) is 0 Å². The van der Waals surface area contributed by atoms with Gasteiger partial charge in [-0.15, -0.1) is 0 Å². The quantitative estimate of drug-likeness (QED) is 0.448. The van der Waals surface area contributed by atoms with Crippen LogP contribution in [0.1, 0.15) is 36.5 Å². The monoisotopic (exact) mass is 567 g/mol. The summed E-state index contributed by atoms with van der Waals surface area (Å²) in [5.41, 5.74) is 4.66. The average Bonchev–Trinajstić information content (AvgIpc) is 3.70. The van der Waals surface area contributed by atoms with Crippen LogP contribution in [0, 0.1) is 5.92 Å². The van der Waals surface area contributed by atoms with E-state index in [1.165, 1.54) is 22.1 Å². The van der Waals surface area contributed by atoms with Crippen LogP contribution < -0.4 is 5.32 Å². The molecule has 218 valence electrons. The molecule has 3 aromatic rings. The fourth-order valence-electron chi connectivity index (χ4n) is 8.27. The second-order valence-electron chi connectivity index (χ2n) is 12.9. The lowest BCUT2D eigenvalue weighted by Crippen LogP contribution is -2.70. The Morgan fingerprint density at radius 3 is 2.86 bits per heavy atom. The lowest BCUT2D eigenvalue weighted by Gasteiger charge is -2.49. The van der Waals surface area contributed by atoms with Crippen molar-refractivity contribution < 1.29 is 19.4 Å². The maximum atomic E-state index is 13.9. The Bertz CT molecular complexity index is 1620. The van der Waals surface area contributed by atoms with Crippen LogP contribution in [0.5, 0.6) is 0 Å². The van der Waals surface area contributed by atoms with Gasteiger partial charge in [-0.2, -0.15) is 0 Å². The normalized spacial score (nSPS) is 34.2. The number of likely N-dealkylation sites (N-methyl/N-ethyl adjacent to an activating group) is 1. The van der Waals surface area contributed by atoms with Crippen LogP contribution in [-0.4, -0.2) is 93.0 Å². The first-order chi connectivity index (χ1) is 20.2. The van der Waals surface area contributed by atoms with Crippen molar-refractivity contribution in [1.82, 2.24) is 25.0 Å². The Balaban J connectivity index is 1.08. The van der Waals surface area contributed by atoms with Gasteiger partial charge in [0.2, 0.25) is 11.8 Å². The number of rotatable bonds is 4. The molecule has 0 saturated carbocycles. The van der Waals surface area contributed by atoms with Crippen LogP contribution >= 0.6 is 0 Å². The number of hydrogen-bond acceptors (Lipinski definition) is 6. The molecule has 6 atom stereocenters. The number of benzene rings is 2. The van der Waals surface area contributed by atoms with Crippen molar-refractivity contribution in [2.45, 2.75) is 62.4 Å². The predicted octanol–water partition coefficient (Wildman–Crippen LogP) is 2.46. The first-order valence-corrected chi connectivity index (χ1v) is 15.1. The molecule has 8 rings (SSSR count). The Morgan fingerprint density at radius 1 is 1.19 bits per heavy atom. The summed E-state index contributed by atoms with van der Waals surface area (Å²) in [5, 5.41) is 16.5. The summed E-state index contributed by atoms with van der Waals surface area (Å²) < 4.78 is 6.47. The Morgan fingerprint density at radius 2 is 2.02 bits per heavy atom. The third kappa shape index (κ3) is 3.84. The second kappa shape index (κ2) is 9.25. The molecule has 3 saturated heterocycles. The molecule has 0 radical (unpaired) electrons. The maximum Gasteiger partial charge on any atom is 0.252 e. The molecular formula is C33H37N5O4. The number of carbonyl (C=O) groups excluding carboxylic acids is 2. The van der Waals surface area contributed by atoms with Gasteiger partial charge in [-0.25, -0.2) is 4.90 Å². The van der Waals surface area contributed by atoms with Crippen LogP contribution in [0.2, 0.25) is 0 Å². The molecule has 6 unspecified atom stereocenters. The SMILES string of the molecule is CN1CC(C(=O)NC2(C)CN3C(Cc4ccccc4)C(=O)N4CCCC4C3(O)O2)C=C2c3cccc4[nH]cc(c34)CC21. The number of aromatic nitrogens is 1. The highest BCUT2D eigenvalue weighted by Gasteiger charge is 2.65. The van der Waals surface area contributed by atoms with Crippen molar-refractivity contribution >= 4 is 28.3 Å². The lowest BCUT2D eigenvalue weighted by molar-refractivity contribution is -0.315. The van der Waals surface area contributed by atoms with Crippen LogP contribution in [0.25, 0.3) is 16.5 Å². The lowest BCUT2D eigenvalue weighted by atomic mass is 9.79. The standard InChI is InChI=1S/C33H37N5O4/c1-32(19-38-27(14-20-8-4-3-5-9-20)31(40)37-13-7-12-28(37)33(38,41)42-32)35-30(39)22-15-24-23-10-6-11-25-29(23)21(17-34-25)16-26(24)36(2)18-22/h3-6,8-11,15,17,22,26-28,34,41H,7,12-14,16,18-19H2,1-2H3,(H,35,39). The highest BCUT2D eigenvalue weighted by Crippen LogP contribution is 2.45. The summed E-state index contributed by atoms with van der Waals surface area (Å²) in [7, 11) is 2.08. The molecule has 4 aliphatic heterocycles. The number of carbonyl (C=O) groups is 2. The van der Waals surface area contributed by atoms with Gasteiger partial charge in [-0.1, -0.05) is 48.5 Å². The molecule has 9 nitrogen and oxygen atoms in total. The first kappa shape index (κ1) is 26.2. The zero-order valence-corrected chi connectivity index (χ0v) is 24.0. The van der Waals surface area contributed by atoms with Crippen LogP contribution in [-0.2, 0) is 27.2 Å². The highest BCUT2D eigenvalue weighted by molar-refractivity contribution is 5.99. The highest BCUT2D eigenvalue weighted by atomic mass is 16.7. The van der Waals surface area contributed by atoms with Gasteiger partial charge in [0.05, 0.1) is 18.5 Å². The number of hydrogen-bond donors (Lipinski definition) is 3. The molecule has 2 aromatic carbocycles. The number of amides is 2. The molecule has 1 aromatic heterocycles. The first-order valence-electron chi connectivity index (χ1n) is 15.1. The molecule has 2 amide bonds. The topological polar surface area (TPSA) is 101 Å². The fourth-order valence-corrected chi connectivity index (χ4v) is 8.27. The van der Waals surface area contributed by atoms with Crippen molar-refractivity contribution in [2.24, 2.45) is 5.92 Å². The molecule has 1 aliphatic carbocycles. The Labute approximate surface area is 245 Å². The third-order valence-electron chi connectivity index (χ3n) is 10.2. The average molecular weight is 568 g/mol. The molecule has 0 spiro atoms. The molecular weight excluding hydrogens is 530 g/mol. The minimum atomic E-state index is -1.66. The number of fused-ring (bicyclic) bond motifs is 5. The molecule has 0 bridgehead atoms. The van der Waals surface area contributed by atoms with E-state index in [4.69, 9.17) is 4.74 Å². The second-order valence-corrected chi connectivity index (χ2v) is 12.9. The van der Waals surface area contributed by atoms with Gasteiger partial charge in [0, 0.05) is 36.2 Å². The van der Waals surface area contributed by atoms with Gasteiger partial charge in [0.25, 0.3) is 5.91 Å². The number of H-pyrrole nitrogens is 1. The van der Waals surface area contributed by atoms with E-state index >= 15 is 0 Å². The molecule has 3 fully saturated rings. The number of aromatic amines is 1. The molecule has 3 N–H and O–H groups in total. The summed E-state index contributed by atoms with van der Waals surface area (Å²) in [6.45, 7) is 3.23. The van der Waals surface area contributed by atoms with Crippen LogP contribution in [0.15, 0.2) is 60.8 Å². The van der Waals surface area contributed by atoms with Crippen molar-refractivity contribution in [3.8, 4) is 0 Å². The summed E-state index contributed by atoms with van der Waals surface area (Å²) >= 11 is 0. The fraction of sp³-hybridized carbons (Fsp3) is 0.455. The minimum Gasteiger partial charge on any atom is -0.361 e. The Hall–Kier alpha value is -3.50. The van der Waals surface area contributed by atoms with Gasteiger partial charge in [-0.05, 0) is 68.0 Å². The van der Waals surface area contributed by atoms with E-state index in [0.29, 0.717) is 25.9 Å². The molecule has 42 heavy (non-hydrogen) atoms. The van der Waals surface area contributed by atoms with Gasteiger partial charge < -0.3 is 25.0 Å². The largest absolute Gasteiger partial charge is 0.361 e. The molecule has 9 heteroatoms. The van der Waals surface area contributed by atoms with E-state index in [9.17, 15) is 14.7 Å². The van der Waals surface area contributed by atoms with E-state index in [1.807, 2.05) is 37.3 Å². The Kier molecular flexibility index (Phi) is 5.76. The number of piperazine rings is 1. The number of aliphatic hydroxyl groups is 1. The third-order valence-corrected chi connectivity index (χ3v) is 10.2.